The fourth-order valence-corrected chi connectivity index (χ4v) is 3.33. The molecule has 0 atom stereocenters. The van der Waals surface area contributed by atoms with Crippen LogP contribution in [0.15, 0.2) is 0 Å². The largest absolute Gasteiger partial charge is 0.330 e. The molecule has 0 amide bonds. The maximum absolute atomic E-state index is 12.3. The molecule has 0 saturated carbocycles. The van der Waals surface area contributed by atoms with Crippen LogP contribution >= 0.6 is 0 Å². The summed E-state index contributed by atoms with van der Waals surface area (Å²) >= 11 is 0. The average molecular weight is 279 g/mol. The summed E-state index contributed by atoms with van der Waals surface area (Å²) in [6.07, 6.45) is 2.71. The third kappa shape index (κ3) is 5.22. The van der Waals surface area contributed by atoms with Gasteiger partial charge >= 0.3 is 0 Å². The number of hydrogen-bond acceptors (Lipinski definition) is 3. The van der Waals surface area contributed by atoms with Gasteiger partial charge in [0.25, 0.3) is 10.2 Å². The molecule has 0 aromatic rings. The highest BCUT2D eigenvalue weighted by molar-refractivity contribution is 7.86. The van der Waals surface area contributed by atoms with E-state index in [2.05, 4.69) is 13.8 Å². The van der Waals surface area contributed by atoms with Crippen molar-refractivity contribution in [1.29, 1.82) is 0 Å². The van der Waals surface area contributed by atoms with E-state index < -0.39 is 10.2 Å². The van der Waals surface area contributed by atoms with E-state index in [4.69, 9.17) is 5.73 Å². The first-order valence-corrected chi connectivity index (χ1v) is 8.25. The lowest BCUT2D eigenvalue weighted by molar-refractivity contribution is 0.312. The van der Waals surface area contributed by atoms with Gasteiger partial charge in [0.15, 0.2) is 0 Å². The molecule has 0 aromatic heterocycles. The van der Waals surface area contributed by atoms with E-state index in [0.717, 1.165) is 12.8 Å². The monoisotopic (exact) mass is 279 g/mol. The molecule has 0 saturated heterocycles. The summed E-state index contributed by atoms with van der Waals surface area (Å²) < 4.78 is 27.7. The third-order valence-corrected chi connectivity index (χ3v) is 5.40. The Morgan fingerprint density at radius 1 is 1.17 bits per heavy atom. The second-order valence-electron chi connectivity index (χ2n) is 4.60. The van der Waals surface area contributed by atoms with Gasteiger partial charge in [0, 0.05) is 26.7 Å². The highest BCUT2D eigenvalue weighted by Crippen LogP contribution is 2.14. The molecule has 0 fully saturated rings. The van der Waals surface area contributed by atoms with Gasteiger partial charge in [0.1, 0.15) is 0 Å². The fraction of sp³-hybridized carbons (Fsp3) is 1.00. The van der Waals surface area contributed by atoms with E-state index in [0.29, 0.717) is 38.5 Å². The standard InChI is InChI=1S/C12H29N3O2S/c1-5-12(6-2)11-15(7-3)18(16,17)14(4)10-8-9-13/h12H,5-11,13H2,1-4H3. The van der Waals surface area contributed by atoms with Crippen LogP contribution in [0.3, 0.4) is 0 Å². The second kappa shape index (κ2) is 8.85. The lowest BCUT2D eigenvalue weighted by Crippen LogP contribution is -2.44. The highest BCUT2D eigenvalue weighted by Gasteiger charge is 2.26. The molecule has 0 bridgehead atoms. The number of rotatable bonds is 10. The van der Waals surface area contributed by atoms with Crippen molar-refractivity contribution in [3.63, 3.8) is 0 Å². The van der Waals surface area contributed by atoms with Crippen LogP contribution in [0, 0.1) is 5.92 Å². The molecule has 0 heterocycles. The Hall–Kier alpha value is -0.170. The lowest BCUT2D eigenvalue weighted by atomic mass is 10.0. The van der Waals surface area contributed by atoms with Crippen molar-refractivity contribution in [2.45, 2.75) is 40.0 Å². The number of nitrogens with two attached hydrogens (primary N) is 1. The molecule has 18 heavy (non-hydrogen) atoms. The summed E-state index contributed by atoms with van der Waals surface area (Å²) in [7, 11) is -1.70. The zero-order chi connectivity index (χ0) is 14.2. The van der Waals surface area contributed by atoms with Gasteiger partial charge in [-0.3, -0.25) is 0 Å². The smallest absolute Gasteiger partial charge is 0.281 e. The molecule has 5 nitrogen and oxygen atoms in total. The van der Waals surface area contributed by atoms with Crippen molar-refractivity contribution in [1.82, 2.24) is 8.61 Å². The Kier molecular flexibility index (Phi) is 8.77. The van der Waals surface area contributed by atoms with Crippen molar-refractivity contribution in [3.8, 4) is 0 Å². The minimum Gasteiger partial charge on any atom is -0.330 e. The highest BCUT2D eigenvalue weighted by atomic mass is 32.2. The molecule has 0 unspecified atom stereocenters. The first kappa shape index (κ1) is 17.8. The van der Waals surface area contributed by atoms with Gasteiger partial charge in [-0.1, -0.05) is 33.6 Å². The molecular formula is C12H29N3O2S. The van der Waals surface area contributed by atoms with Gasteiger partial charge in [-0.25, -0.2) is 0 Å². The quantitative estimate of drug-likeness (QED) is 0.655. The van der Waals surface area contributed by atoms with Crippen molar-refractivity contribution < 1.29 is 8.42 Å². The first-order chi connectivity index (χ1) is 8.43. The zero-order valence-corrected chi connectivity index (χ0v) is 13.0. The third-order valence-electron chi connectivity index (χ3n) is 3.37. The van der Waals surface area contributed by atoms with Crippen LogP contribution in [0.5, 0.6) is 0 Å². The fourth-order valence-electron chi connectivity index (χ4n) is 1.85. The summed E-state index contributed by atoms with van der Waals surface area (Å²) in [6, 6.07) is 0. The van der Waals surface area contributed by atoms with E-state index in [1.165, 1.54) is 4.31 Å². The van der Waals surface area contributed by atoms with Crippen LogP contribution < -0.4 is 5.73 Å². The van der Waals surface area contributed by atoms with Crippen LogP contribution in [0.25, 0.3) is 0 Å². The van der Waals surface area contributed by atoms with E-state index in [1.807, 2.05) is 6.92 Å². The van der Waals surface area contributed by atoms with Crippen molar-refractivity contribution in [2.75, 3.05) is 33.2 Å². The van der Waals surface area contributed by atoms with E-state index in [1.54, 1.807) is 11.4 Å². The molecule has 0 aliphatic heterocycles. The number of hydrogen-bond donors (Lipinski definition) is 1. The molecule has 2 N–H and O–H groups in total. The lowest BCUT2D eigenvalue weighted by Gasteiger charge is -2.29. The maximum Gasteiger partial charge on any atom is 0.281 e. The van der Waals surface area contributed by atoms with E-state index in [9.17, 15) is 8.42 Å². The molecule has 110 valence electrons. The predicted octanol–water partition coefficient (Wildman–Crippen LogP) is 1.27. The van der Waals surface area contributed by atoms with Crippen LogP contribution in [0.2, 0.25) is 0 Å². The topological polar surface area (TPSA) is 66.6 Å². The molecule has 0 spiro atoms. The molecule has 0 rings (SSSR count). The molecule has 0 radical (unpaired) electrons. The first-order valence-electron chi connectivity index (χ1n) is 6.85. The summed E-state index contributed by atoms with van der Waals surface area (Å²) in [5, 5.41) is 0. The summed E-state index contributed by atoms with van der Waals surface area (Å²) in [4.78, 5) is 0. The molecule has 0 aromatic carbocycles. The SMILES string of the molecule is CCC(CC)CN(CC)S(=O)(=O)N(C)CCCN. The Labute approximate surface area is 113 Å². The van der Waals surface area contributed by atoms with E-state index >= 15 is 0 Å². The molecule has 0 aliphatic rings. The van der Waals surface area contributed by atoms with Gasteiger partial charge in [-0.15, -0.1) is 0 Å². The minimum absolute atomic E-state index is 0.433. The van der Waals surface area contributed by atoms with E-state index in [-0.39, 0.29) is 0 Å². The van der Waals surface area contributed by atoms with Gasteiger partial charge in [-0.2, -0.15) is 17.0 Å². The predicted molar refractivity (Wildman–Crippen MR) is 76.5 cm³/mol. The molecular weight excluding hydrogens is 250 g/mol. The maximum atomic E-state index is 12.3. The van der Waals surface area contributed by atoms with Gasteiger partial charge in [-0.05, 0) is 18.9 Å². The van der Waals surface area contributed by atoms with Crippen molar-refractivity contribution in [2.24, 2.45) is 11.7 Å². The normalized spacial score (nSPS) is 12.9. The van der Waals surface area contributed by atoms with Gasteiger partial charge in [0.05, 0.1) is 0 Å². The number of nitrogens with zero attached hydrogens (tertiary/aromatic N) is 2. The Bertz CT molecular complexity index is 302. The zero-order valence-electron chi connectivity index (χ0n) is 12.2. The summed E-state index contributed by atoms with van der Waals surface area (Å²) in [6.45, 7) is 8.22. The Morgan fingerprint density at radius 2 is 1.72 bits per heavy atom. The summed E-state index contributed by atoms with van der Waals surface area (Å²) in [5.41, 5.74) is 5.42. The molecule has 0 aliphatic carbocycles. The Morgan fingerprint density at radius 3 is 2.11 bits per heavy atom. The van der Waals surface area contributed by atoms with Crippen LogP contribution in [0.4, 0.5) is 0 Å². The molecule has 6 heteroatoms. The van der Waals surface area contributed by atoms with Crippen molar-refractivity contribution >= 4 is 10.2 Å². The van der Waals surface area contributed by atoms with Crippen LogP contribution in [-0.4, -0.2) is 50.3 Å². The van der Waals surface area contributed by atoms with Gasteiger partial charge < -0.3 is 5.73 Å². The second-order valence-corrected chi connectivity index (χ2v) is 6.64. The summed E-state index contributed by atoms with van der Waals surface area (Å²) in [5.74, 6) is 0.433. The average Bonchev–Trinajstić information content (AvgIpc) is 2.36. The van der Waals surface area contributed by atoms with Crippen molar-refractivity contribution in [3.05, 3.63) is 0 Å². The Balaban J connectivity index is 4.70. The van der Waals surface area contributed by atoms with Gasteiger partial charge in [0.2, 0.25) is 0 Å². The minimum atomic E-state index is -3.33. The van der Waals surface area contributed by atoms with Crippen LogP contribution in [-0.2, 0) is 10.2 Å². The van der Waals surface area contributed by atoms with Crippen LogP contribution in [0.1, 0.15) is 40.0 Å².